The molecule has 26 heavy (non-hydrogen) atoms. The monoisotopic (exact) mass is 382 g/mol. The molecule has 2 unspecified atom stereocenters. The van der Waals surface area contributed by atoms with Crippen molar-refractivity contribution in [2.24, 2.45) is 11.8 Å². The van der Waals surface area contributed by atoms with Crippen molar-refractivity contribution in [3.05, 3.63) is 29.8 Å². The van der Waals surface area contributed by atoms with E-state index in [2.05, 4.69) is 5.32 Å². The van der Waals surface area contributed by atoms with Gasteiger partial charge in [0.05, 0.1) is 10.5 Å². The Hall–Kier alpha value is -1.93. The number of amides is 1. The molecular weight excluding hydrogens is 356 g/mol. The summed E-state index contributed by atoms with van der Waals surface area (Å²) in [5.41, 5.74) is 0.202. The third kappa shape index (κ3) is 5.04. The van der Waals surface area contributed by atoms with Crippen molar-refractivity contribution in [3.8, 4) is 0 Å². The van der Waals surface area contributed by atoms with Crippen LogP contribution in [-0.2, 0) is 19.6 Å². The van der Waals surface area contributed by atoms with Crippen molar-refractivity contribution in [3.63, 3.8) is 0 Å². The molecule has 1 N–H and O–H groups in total. The first kappa shape index (κ1) is 20.4. The van der Waals surface area contributed by atoms with Gasteiger partial charge in [0.2, 0.25) is 10.0 Å². The molecular formula is C18H26N2O5S. The average molecular weight is 382 g/mol. The van der Waals surface area contributed by atoms with Gasteiger partial charge in [0, 0.05) is 19.6 Å². The van der Waals surface area contributed by atoms with Crippen LogP contribution in [0.25, 0.3) is 0 Å². The number of nitrogens with zero attached hydrogens (tertiary/aromatic N) is 1. The van der Waals surface area contributed by atoms with Gasteiger partial charge in [0.15, 0.2) is 6.61 Å². The van der Waals surface area contributed by atoms with Gasteiger partial charge in [-0.3, -0.25) is 4.79 Å². The normalized spacial score (nSPS) is 21.2. The van der Waals surface area contributed by atoms with Gasteiger partial charge in [0.25, 0.3) is 5.91 Å². The number of carbonyl (C=O) groups excluding carboxylic acids is 2. The van der Waals surface area contributed by atoms with E-state index < -0.39 is 16.0 Å². The topological polar surface area (TPSA) is 92.8 Å². The predicted octanol–water partition coefficient (Wildman–Crippen LogP) is 1.65. The molecule has 8 heteroatoms. The minimum Gasteiger partial charge on any atom is -0.452 e. The molecule has 1 aliphatic heterocycles. The minimum atomic E-state index is -3.59. The molecule has 1 aliphatic rings. The molecule has 1 saturated heterocycles. The molecule has 0 spiro atoms. The fraction of sp³-hybridized carbons (Fsp3) is 0.556. The highest BCUT2D eigenvalue weighted by Crippen LogP contribution is 2.26. The van der Waals surface area contributed by atoms with Crippen LogP contribution < -0.4 is 5.32 Å². The van der Waals surface area contributed by atoms with Crippen molar-refractivity contribution >= 4 is 21.9 Å². The molecule has 1 heterocycles. The maximum Gasteiger partial charge on any atom is 0.338 e. The Bertz CT molecular complexity index is 735. The van der Waals surface area contributed by atoms with E-state index in [4.69, 9.17) is 4.74 Å². The summed E-state index contributed by atoms with van der Waals surface area (Å²) in [6.45, 7) is 6.96. The average Bonchev–Trinajstić information content (AvgIpc) is 2.59. The minimum absolute atomic E-state index is 0.152. The summed E-state index contributed by atoms with van der Waals surface area (Å²) >= 11 is 0. The number of nitrogens with one attached hydrogen (secondary N) is 1. The first-order chi connectivity index (χ1) is 12.2. The number of esters is 1. The van der Waals surface area contributed by atoms with Crippen molar-refractivity contribution in [1.82, 2.24) is 9.62 Å². The van der Waals surface area contributed by atoms with Crippen LogP contribution in [0.15, 0.2) is 29.2 Å². The van der Waals surface area contributed by atoms with Crippen LogP contribution in [0.5, 0.6) is 0 Å². The summed E-state index contributed by atoms with van der Waals surface area (Å²) in [5, 5.41) is 2.52. The van der Waals surface area contributed by atoms with Gasteiger partial charge in [-0.2, -0.15) is 4.31 Å². The van der Waals surface area contributed by atoms with Gasteiger partial charge in [-0.25, -0.2) is 13.2 Å². The van der Waals surface area contributed by atoms with Crippen molar-refractivity contribution in [2.45, 2.75) is 32.1 Å². The second kappa shape index (κ2) is 8.64. The zero-order valence-corrected chi connectivity index (χ0v) is 16.2. The molecule has 144 valence electrons. The van der Waals surface area contributed by atoms with Gasteiger partial charge in [-0.15, -0.1) is 0 Å². The summed E-state index contributed by atoms with van der Waals surface area (Å²) in [4.78, 5) is 23.4. The molecule has 1 aromatic carbocycles. The number of likely N-dealkylation sites (N-methyl/N-ethyl adjacent to an activating group) is 1. The first-order valence-electron chi connectivity index (χ1n) is 8.78. The Balaban J connectivity index is 2.06. The van der Waals surface area contributed by atoms with Crippen LogP contribution in [0.4, 0.5) is 0 Å². The number of sulfonamides is 1. The smallest absolute Gasteiger partial charge is 0.338 e. The molecule has 0 bridgehead atoms. The van der Waals surface area contributed by atoms with E-state index in [1.54, 1.807) is 6.92 Å². The molecule has 0 aliphatic carbocycles. The van der Waals surface area contributed by atoms with E-state index in [1.165, 1.54) is 28.6 Å². The molecule has 1 fully saturated rings. The third-order valence-electron chi connectivity index (χ3n) is 4.27. The molecule has 2 rings (SSSR count). The van der Waals surface area contributed by atoms with Crippen LogP contribution in [0, 0.1) is 11.8 Å². The van der Waals surface area contributed by atoms with Crippen LogP contribution in [0.2, 0.25) is 0 Å². The highest BCUT2D eigenvalue weighted by Gasteiger charge is 2.31. The van der Waals surface area contributed by atoms with Crippen LogP contribution in [0.1, 0.15) is 37.6 Å². The molecule has 0 aromatic heterocycles. The van der Waals surface area contributed by atoms with Gasteiger partial charge >= 0.3 is 5.97 Å². The summed E-state index contributed by atoms with van der Waals surface area (Å²) in [6, 6.07) is 5.62. The Morgan fingerprint density at radius 3 is 2.27 bits per heavy atom. The standard InChI is InChI=1S/C18H26N2O5S/c1-4-19-17(21)12-25-18(22)15-5-7-16(8-6-15)26(23,24)20-10-13(2)9-14(3)11-20/h5-8,13-14H,4,9-12H2,1-3H3,(H,19,21). The van der Waals surface area contributed by atoms with Crippen molar-refractivity contribution in [2.75, 3.05) is 26.2 Å². The van der Waals surface area contributed by atoms with E-state index in [0.717, 1.165) is 6.42 Å². The van der Waals surface area contributed by atoms with Gasteiger partial charge in [-0.05, 0) is 49.4 Å². The lowest BCUT2D eigenvalue weighted by atomic mass is 9.94. The van der Waals surface area contributed by atoms with Gasteiger partial charge < -0.3 is 10.1 Å². The lowest BCUT2D eigenvalue weighted by Crippen LogP contribution is -2.42. The lowest BCUT2D eigenvalue weighted by molar-refractivity contribution is -0.124. The van der Waals surface area contributed by atoms with Crippen molar-refractivity contribution in [1.29, 1.82) is 0 Å². The SMILES string of the molecule is CCNC(=O)COC(=O)c1ccc(S(=O)(=O)N2CC(C)CC(C)C2)cc1. The van der Waals surface area contributed by atoms with Gasteiger partial charge in [0.1, 0.15) is 0 Å². The molecule has 0 saturated carbocycles. The number of rotatable bonds is 6. The zero-order valence-electron chi connectivity index (χ0n) is 15.4. The van der Waals surface area contributed by atoms with Crippen LogP contribution in [0.3, 0.4) is 0 Å². The fourth-order valence-electron chi connectivity index (χ4n) is 3.18. The summed E-state index contributed by atoms with van der Waals surface area (Å²) < 4.78 is 32.0. The van der Waals surface area contributed by atoms with Crippen LogP contribution in [-0.4, -0.2) is 50.8 Å². The largest absolute Gasteiger partial charge is 0.452 e. The van der Waals surface area contributed by atoms with E-state index in [1.807, 2.05) is 13.8 Å². The fourth-order valence-corrected chi connectivity index (χ4v) is 4.86. The third-order valence-corrected chi connectivity index (χ3v) is 6.12. The zero-order chi connectivity index (χ0) is 19.3. The Morgan fingerprint density at radius 1 is 1.15 bits per heavy atom. The highest BCUT2D eigenvalue weighted by molar-refractivity contribution is 7.89. The number of benzene rings is 1. The second-order valence-electron chi connectivity index (χ2n) is 6.82. The first-order valence-corrected chi connectivity index (χ1v) is 10.2. The number of hydrogen-bond acceptors (Lipinski definition) is 5. The number of piperidine rings is 1. The molecule has 0 radical (unpaired) electrons. The predicted molar refractivity (Wildman–Crippen MR) is 97.1 cm³/mol. The van der Waals surface area contributed by atoms with E-state index in [-0.39, 0.29) is 23.0 Å². The maximum absolute atomic E-state index is 12.8. The van der Waals surface area contributed by atoms with Gasteiger partial charge in [-0.1, -0.05) is 13.8 Å². The maximum atomic E-state index is 12.8. The Kier molecular flexibility index (Phi) is 6.77. The van der Waals surface area contributed by atoms with Crippen molar-refractivity contribution < 1.29 is 22.7 Å². The van der Waals surface area contributed by atoms with Crippen LogP contribution >= 0.6 is 0 Å². The van der Waals surface area contributed by atoms with E-state index in [0.29, 0.717) is 31.5 Å². The molecule has 1 aromatic rings. The molecule has 1 amide bonds. The Morgan fingerprint density at radius 2 is 1.73 bits per heavy atom. The quantitative estimate of drug-likeness (QED) is 0.755. The highest BCUT2D eigenvalue weighted by atomic mass is 32.2. The number of carbonyl (C=O) groups is 2. The molecule has 2 atom stereocenters. The second-order valence-corrected chi connectivity index (χ2v) is 8.76. The van der Waals surface area contributed by atoms with E-state index >= 15 is 0 Å². The summed E-state index contributed by atoms with van der Waals surface area (Å²) in [5.74, 6) is -0.414. The summed E-state index contributed by atoms with van der Waals surface area (Å²) in [6.07, 6.45) is 1.02. The Labute approximate surface area is 154 Å². The summed E-state index contributed by atoms with van der Waals surface area (Å²) in [7, 11) is -3.59. The number of hydrogen-bond donors (Lipinski definition) is 1. The molecule has 7 nitrogen and oxygen atoms in total. The lowest BCUT2D eigenvalue weighted by Gasteiger charge is -2.34. The number of ether oxygens (including phenoxy) is 1. The van der Waals surface area contributed by atoms with E-state index in [9.17, 15) is 18.0 Å².